The van der Waals surface area contributed by atoms with Crippen LogP contribution in [0.25, 0.3) is 0 Å². The third kappa shape index (κ3) is 2.92. The van der Waals surface area contributed by atoms with Crippen LogP contribution in [0, 0.1) is 5.92 Å². The second kappa shape index (κ2) is 6.44. The number of carbonyl (C=O) groups is 2. The van der Waals surface area contributed by atoms with Gasteiger partial charge in [-0.25, -0.2) is 0 Å². The van der Waals surface area contributed by atoms with Gasteiger partial charge in [0.15, 0.2) is 0 Å². The molecule has 3 rings (SSSR count). The highest BCUT2D eigenvalue weighted by Gasteiger charge is 2.37. The highest BCUT2D eigenvalue weighted by molar-refractivity contribution is 6.52. The summed E-state index contributed by atoms with van der Waals surface area (Å²) in [5.74, 6) is -0.196. The summed E-state index contributed by atoms with van der Waals surface area (Å²) < 4.78 is 0. The van der Waals surface area contributed by atoms with Crippen molar-refractivity contribution < 1.29 is 9.59 Å². The number of hydrogen-bond donors (Lipinski definition) is 1. The van der Waals surface area contributed by atoms with Gasteiger partial charge < -0.3 is 10.2 Å². The van der Waals surface area contributed by atoms with Crippen LogP contribution >= 0.6 is 0 Å². The van der Waals surface area contributed by atoms with E-state index in [1.807, 2.05) is 18.2 Å². The average Bonchev–Trinajstić information content (AvgIpc) is 2.81. The summed E-state index contributed by atoms with van der Waals surface area (Å²) in [7, 11) is 0. The van der Waals surface area contributed by atoms with Gasteiger partial charge >= 0.3 is 0 Å². The SMILES string of the molecule is CC(C)C1(NCCN2C(=O)C(=O)c3ccccc32)CCCCC1. The first-order chi connectivity index (χ1) is 11.1. The van der Waals surface area contributed by atoms with Gasteiger partial charge in [0.25, 0.3) is 11.7 Å². The van der Waals surface area contributed by atoms with E-state index >= 15 is 0 Å². The van der Waals surface area contributed by atoms with Crippen LogP contribution in [0.1, 0.15) is 56.3 Å². The maximum atomic E-state index is 12.2. The van der Waals surface area contributed by atoms with Crippen molar-refractivity contribution in [3.63, 3.8) is 0 Å². The standard InChI is InChI=1S/C19H26N2O2/c1-14(2)19(10-6-3-7-11-19)20-12-13-21-16-9-5-4-8-15(16)17(22)18(21)23/h4-5,8-9,14,20H,3,6-7,10-13H2,1-2H3. The number of rotatable bonds is 5. The van der Waals surface area contributed by atoms with Gasteiger partial charge in [0.1, 0.15) is 0 Å². The number of benzene rings is 1. The zero-order chi connectivity index (χ0) is 16.4. The van der Waals surface area contributed by atoms with E-state index in [0.717, 1.165) is 12.2 Å². The van der Waals surface area contributed by atoms with Crippen LogP contribution in [0.3, 0.4) is 0 Å². The number of nitrogens with zero attached hydrogens (tertiary/aromatic N) is 1. The normalized spacial score (nSPS) is 20.2. The summed E-state index contributed by atoms with van der Waals surface area (Å²) in [6, 6.07) is 7.28. The largest absolute Gasteiger partial charge is 0.309 e. The Bertz CT molecular complexity index is 603. The molecular formula is C19H26N2O2. The number of carbonyl (C=O) groups excluding carboxylic acids is 2. The third-order valence-electron chi connectivity index (χ3n) is 5.54. The van der Waals surface area contributed by atoms with E-state index in [4.69, 9.17) is 0 Å². The Hall–Kier alpha value is -1.68. The molecule has 23 heavy (non-hydrogen) atoms. The monoisotopic (exact) mass is 314 g/mol. The summed E-state index contributed by atoms with van der Waals surface area (Å²) in [6.07, 6.45) is 6.27. The zero-order valence-electron chi connectivity index (χ0n) is 14.1. The Kier molecular flexibility index (Phi) is 4.53. The number of ketones is 1. The summed E-state index contributed by atoms with van der Waals surface area (Å²) in [4.78, 5) is 25.9. The first kappa shape index (κ1) is 16.2. The van der Waals surface area contributed by atoms with E-state index < -0.39 is 5.91 Å². The fourth-order valence-electron chi connectivity index (χ4n) is 4.03. The van der Waals surface area contributed by atoms with Gasteiger partial charge in [-0.2, -0.15) is 0 Å². The second-order valence-corrected chi connectivity index (χ2v) is 7.10. The van der Waals surface area contributed by atoms with Gasteiger partial charge in [-0.3, -0.25) is 9.59 Å². The number of fused-ring (bicyclic) bond motifs is 1. The maximum absolute atomic E-state index is 12.2. The lowest BCUT2D eigenvalue weighted by Crippen LogP contribution is -2.53. The quantitative estimate of drug-likeness (QED) is 0.849. The summed E-state index contributed by atoms with van der Waals surface area (Å²) in [6.45, 7) is 5.83. The molecule has 1 aliphatic carbocycles. The van der Waals surface area contributed by atoms with Crippen molar-refractivity contribution in [1.82, 2.24) is 5.32 Å². The molecule has 2 aliphatic rings. The van der Waals surface area contributed by atoms with Crippen molar-refractivity contribution in [2.45, 2.75) is 51.5 Å². The van der Waals surface area contributed by atoms with Crippen LogP contribution < -0.4 is 10.2 Å². The molecule has 0 saturated heterocycles. The highest BCUT2D eigenvalue weighted by atomic mass is 16.2. The molecule has 0 radical (unpaired) electrons. The van der Waals surface area contributed by atoms with E-state index in [9.17, 15) is 9.59 Å². The van der Waals surface area contributed by atoms with Crippen molar-refractivity contribution in [1.29, 1.82) is 0 Å². The molecular weight excluding hydrogens is 288 g/mol. The van der Waals surface area contributed by atoms with Crippen LogP contribution in [0.15, 0.2) is 24.3 Å². The van der Waals surface area contributed by atoms with Gasteiger partial charge in [-0.15, -0.1) is 0 Å². The number of Topliss-reactive ketones (excluding diaryl/α,β-unsaturated/α-hetero) is 1. The Morgan fingerprint density at radius 2 is 1.83 bits per heavy atom. The van der Waals surface area contributed by atoms with Crippen LogP contribution in [0.2, 0.25) is 0 Å². The minimum Gasteiger partial charge on any atom is -0.309 e. The number of amides is 1. The van der Waals surface area contributed by atoms with E-state index in [1.54, 1.807) is 11.0 Å². The molecule has 1 aromatic carbocycles. The Morgan fingerprint density at radius 1 is 1.13 bits per heavy atom. The van der Waals surface area contributed by atoms with Crippen LogP contribution in [0.4, 0.5) is 5.69 Å². The Labute approximate surface area is 138 Å². The molecule has 0 bridgehead atoms. The fraction of sp³-hybridized carbons (Fsp3) is 0.579. The minimum absolute atomic E-state index is 0.185. The lowest BCUT2D eigenvalue weighted by molar-refractivity contribution is -0.114. The molecule has 0 unspecified atom stereocenters. The molecule has 124 valence electrons. The Morgan fingerprint density at radius 3 is 2.52 bits per heavy atom. The van der Waals surface area contributed by atoms with Gasteiger partial charge in [0.05, 0.1) is 11.3 Å². The molecule has 1 aromatic rings. The van der Waals surface area contributed by atoms with Crippen LogP contribution in [0.5, 0.6) is 0 Å². The van der Waals surface area contributed by atoms with Crippen molar-refractivity contribution in [2.24, 2.45) is 5.92 Å². The molecule has 0 spiro atoms. The summed E-state index contributed by atoms with van der Waals surface area (Å²) in [5.41, 5.74) is 1.48. The molecule has 1 aliphatic heterocycles. The lowest BCUT2D eigenvalue weighted by atomic mass is 9.74. The molecule has 1 saturated carbocycles. The predicted molar refractivity (Wildman–Crippen MR) is 91.8 cm³/mol. The highest BCUT2D eigenvalue weighted by Crippen LogP contribution is 2.34. The zero-order valence-corrected chi connectivity index (χ0v) is 14.1. The van der Waals surface area contributed by atoms with E-state index in [2.05, 4.69) is 19.2 Å². The number of nitrogens with one attached hydrogen (secondary N) is 1. The van der Waals surface area contributed by atoms with Crippen molar-refractivity contribution in [3.8, 4) is 0 Å². The number of para-hydroxylation sites is 1. The number of hydrogen-bond acceptors (Lipinski definition) is 3. The maximum Gasteiger partial charge on any atom is 0.299 e. The van der Waals surface area contributed by atoms with E-state index in [1.165, 1.54) is 32.1 Å². The van der Waals surface area contributed by atoms with Gasteiger partial charge in [-0.05, 0) is 30.9 Å². The van der Waals surface area contributed by atoms with Gasteiger partial charge in [0.2, 0.25) is 0 Å². The molecule has 4 heteroatoms. The Balaban J connectivity index is 1.67. The van der Waals surface area contributed by atoms with Crippen molar-refractivity contribution in [2.75, 3.05) is 18.0 Å². The van der Waals surface area contributed by atoms with E-state index in [0.29, 0.717) is 18.0 Å². The molecule has 1 amide bonds. The summed E-state index contributed by atoms with van der Waals surface area (Å²) >= 11 is 0. The number of anilines is 1. The predicted octanol–water partition coefficient (Wildman–Crippen LogP) is 3.16. The third-order valence-corrected chi connectivity index (χ3v) is 5.54. The van der Waals surface area contributed by atoms with Crippen LogP contribution in [-0.4, -0.2) is 30.3 Å². The second-order valence-electron chi connectivity index (χ2n) is 7.10. The molecule has 1 N–H and O–H groups in total. The minimum atomic E-state index is -0.393. The molecule has 1 fully saturated rings. The smallest absolute Gasteiger partial charge is 0.299 e. The summed E-state index contributed by atoms with van der Waals surface area (Å²) in [5, 5.41) is 3.72. The fourth-order valence-corrected chi connectivity index (χ4v) is 4.03. The molecule has 0 atom stereocenters. The molecule has 4 nitrogen and oxygen atoms in total. The first-order valence-corrected chi connectivity index (χ1v) is 8.75. The van der Waals surface area contributed by atoms with Crippen molar-refractivity contribution in [3.05, 3.63) is 29.8 Å². The molecule has 1 heterocycles. The van der Waals surface area contributed by atoms with Gasteiger partial charge in [-0.1, -0.05) is 45.2 Å². The van der Waals surface area contributed by atoms with Gasteiger partial charge in [0, 0.05) is 18.6 Å². The first-order valence-electron chi connectivity index (χ1n) is 8.75. The average molecular weight is 314 g/mol. The van der Waals surface area contributed by atoms with Crippen molar-refractivity contribution >= 4 is 17.4 Å². The topological polar surface area (TPSA) is 49.4 Å². The van der Waals surface area contributed by atoms with Crippen LogP contribution in [-0.2, 0) is 4.79 Å². The lowest BCUT2D eigenvalue weighted by Gasteiger charge is -2.42. The molecule has 0 aromatic heterocycles. The van der Waals surface area contributed by atoms with E-state index in [-0.39, 0.29) is 11.3 Å².